The van der Waals surface area contributed by atoms with Gasteiger partial charge in [0.2, 0.25) is 0 Å². The van der Waals surface area contributed by atoms with E-state index in [1.54, 1.807) is 10.9 Å². The Kier molecular flexibility index (Phi) is 2.89. The number of hydrogen-bond donors (Lipinski definition) is 1. The maximum absolute atomic E-state index is 8.87. The number of nitrogens with zero attached hydrogens (tertiary/aromatic N) is 5. The largest absolute Gasteiger partial charge is 0.394 e. The molecule has 6 nitrogen and oxygen atoms in total. The van der Waals surface area contributed by atoms with Crippen LogP contribution < -0.4 is 0 Å². The molecule has 15 heavy (non-hydrogen) atoms. The molecular formula is C9H13N5O. The van der Waals surface area contributed by atoms with Crippen molar-refractivity contribution in [1.29, 1.82) is 0 Å². The van der Waals surface area contributed by atoms with Gasteiger partial charge in [0.05, 0.1) is 25.4 Å². The van der Waals surface area contributed by atoms with Gasteiger partial charge in [0.25, 0.3) is 0 Å². The predicted octanol–water partition coefficient (Wildman–Crippen LogP) is 1.56. The molecule has 1 atom stereocenters. The Balaban J connectivity index is 2.33. The molecule has 0 fully saturated rings. The minimum Gasteiger partial charge on any atom is -0.394 e. The molecule has 6 heteroatoms. The van der Waals surface area contributed by atoms with Crippen molar-refractivity contribution in [3.05, 3.63) is 27.9 Å². The minimum atomic E-state index is -0.0776. The molecule has 2 rings (SSSR count). The lowest BCUT2D eigenvalue weighted by atomic mass is 9.94. The van der Waals surface area contributed by atoms with Crippen LogP contribution in [0.25, 0.3) is 10.4 Å². The van der Waals surface area contributed by atoms with Crippen LogP contribution in [0.1, 0.15) is 30.1 Å². The zero-order valence-corrected chi connectivity index (χ0v) is 8.37. The third kappa shape index (κ3) is 1.82. The molecule has 1 aromatic heterocycles. The summed E-state index contributed by atoms with van der Waals surface area (Å²) in [5.74, 6) is 0. The molecule has 1 unspecified atom stereocenters. The summed E-state index contributed by atoms with van der Waals surface area (Å²) < 4.78 is 1.80. The highest BCUT2D eigenvalue weighted by molar-refractivity contribution is 5.25. The topological polar surface area (TPSA) is 86.8 Å². The Hall–Kier alpha value is -1.52. The fourth-order valence-electron chi connectivity index (χ4n) is 2.06. The Morgan fingerprint density at radius 1 is 1.73 bits per heavy atom. The molecule has 1 N–H and O–H groups in total. The van der Waals surface area contributed by atoms with E-state index in [1.165, 1.54) is 0 Å². The van der Waals surface area contributed by atoms with Crippen LogP contribution in [0.15, 0.2) is 11.3 Å². The first-order valence-corrected chi connectivity index (χ1v) is 5.06. The third-order valence-electron chi connectivity index (χ3n) is 2.73. The summed E-state index contributed by atoms with van der Waals surface area (Å²) in [6.45, 7) is 0.596. The Labute approximate surface area is 87.2 Å². The summed E-state index contributed by atoms with van der Waals surface area (Å²) in [4.78, 5) is 2.85. The van der Waals surface area contributed by atoms with Crippen molar-refractivity contribution in [2.75, 3.05) is 6.61 Å². The number of hydrogen-bond acceptors (Lipinski definition) is 3. The first kappa shape index (κ1) is 10.0. The summed E-state index contributed by atoms with van der Waals surface area (Å²) in [7, 11) is 0. The number of aliphatic hydroxyl groups excluding tert-OH is 1. The second kappa shape index (κ2) is 4.33. The van der Waals surface area contributed by atoms with Gasteiger partial charge in [-0.15, -0.1) is 0 Å². The molecule has 0 amide bonds. The highest BCUT2D eigenvalue weighted by atomic mass is 16.3. The standard InChI is InChI=1S/C9H13N5O/c10-13-12-8-2-1-3-9-7(8)6-11-14(9)4-5-15/h6,8,15H,1-5H2. The molecule has 1 aliphatic rings. The second-order valence-electron chi connectivity index (χ2n) is 3.61. The van der Waals surface area contributed by atoms with Crippen molar-refractivity contribution in [3.63, 3.8) is 0 Å². The summed E-state index contributed by atoms with van der Waals surface area (Å²) in [5.41, 5.74) is 10.6. The molecule has 0 aromatic carbocycles. The van der Waals surface area contributed by atoms with E-state index in [-0.39, 0.29) is 12.6 Å². The fourth-order valence-corrected chi connectivity index (χ4v) is 2.06. The van der Waals surface area contributed by atoms with Gasteiger partial charge in [0, 0.05) is 16.2 Å². The zero-order chi connectivity index (χ0) is 10.7. The molecule has 0 saturated carbocycles. The van der Waals surface area contributed by atoms with Crippen molar-refractivity contribution >= 4 is 0 Å². The number of aromatic nitrogens is 2. The monoisotopic (exact) mass is 207 g/mol. The summed E-state index contributed by atoms with van der Waals surface area (Å²) >= 11 is 0. The molecule has 1 aromatic rings. The van der Waals surface area contributed by atoms with E-state index in [0.717, 1.165) is 30.5 Å². The maximum Gasteiger partial charge on any atom is 0.0659 e. The van der Waals surface area contributed by atoms with E-state index in [0.29, 0.717) is 6.54 Å². The molecule has 0 saturated heterocycles. The molecule has 0 bridgehead atoms. The van der Waals surface area contributed by atoms with E-state index >= 15 is 0 Å². The van der Waals surface area contributed by atoms with Gasteiger partial charge >= 0.3 is 0 Å². The SMILES string of the molecule is [N-]=[N+]=NC1CCCc2c1cnn2CCO. The highest BCUT2D eigenvalue weighted by Crippen LogP contribution is 2.32. The van der Waals surface area contributed by atoms with Crippen LogP contribution in [0.3, 0.4) is 0 Å². The van der Waals surface area contributed by atoms with Crippen LogP contribution in [0, 0.1) is 0 Å². The molecular weight excluding hydrogens is 194 g/mol. The van der Waals surface area contributed by atoms with Gasteiger partial charge in [-0.05, 0) is 24.8 Å². The number of fused-ring (bicyclic) bond motifs is 1. The van der Waals surface area contributed by atoms with Crippen molar-refractivity contribution in [2.24, 2.45) is 5.11 Å². The summed E-state index contributed by atoms with van der Waals surface area (Å²) in [6.07, 6.45) is 4.60. The second-order valence-corrected chi connectivity index (χ2v) is 3.61. The van der Waals surface area contributed by atoms with Gasteiger partial charge in [-0.2, -0.15) is 5.10 Å². The third-order valence-corrected chi connectivity index (χ3v) is 2.73. The van der Waals surface area contributed by atoms with Crippen molar-refractivity contribution in [3.8, 4) is 0 Å². The van der Waals surface area contributed by atoms with Gasteiger partial charge in [0.1, 0.15) is 0 Å². The average Bonchev–Trinajstić information content (AvgIpc) is 2.64. The quantitative estimate of drug-likeness (QED) is 0.463. The summed E-state index contributed by atoms with van der Waals surface area (Å²) in [6, 6.07) is -0.0776. The van der Waals surface area contributed by atoms with Gasteiger partial charge < -0.3 is 5.11 Å². The van der Waals surface area contributed by atoms with Gasteiger partial charge in [-0.3, -0.25) is 4.68 Å². The molecule has 0 spiro atoms. The van der Waals surface area contributed by atoms with E-state index < -0.39 is 0 Å². The van der Waals surface area contributed by atoms with Crippen LogP contribution in [0.2, 0.25) is 0 Å². The molecule has 1 aliphatic carbocycles. The summed E-state index contributed by atoms with van der Waals surface area (Å²) in [5, 5.41) is 16.8. The normalized spacial score (nSPS) is 19.4. The van der Waals surface area contributed by atoms with Gasteiger partial charge in [-0.1, -0.05) is 5.11 Å². The van der Waals surface area contributed by atoms with Crippen LogP contribution >= 0.6 is 0 Å². The van der Waals surface area contributed by atoms with Crippen molar-refractivity contribution in [1.82, 2.24) is 9.78 Å². The zero-order valence-electron chi connectivity index (χ0n) is 8.37. The molecule has 1 heterocycles. The first-order chi connectivity index (χ1) is 7.36. The average molecular weight is 207 g/mol. The minimum absolute atomic E-state index is 0.0776. The molecule has 0 aliphatic heterocycles. The van der Waals surface area contributed by atoms with Crippen LogP contribution in [-0.4, -0.2) is 21.5 Å². The Morgan fingerprint density at radius 2 is 2.60 bits per heavy atom. The smallest absolute Gasteiger partial charge is 0.0659 e. The highest BCUT2D eigenvalue weighted by Gasteiger charge is 2.22. The number of rotatable bonds is 3. The number of aliphatic hydroxyl groups is 1. The number of azide groups is 1. The van der Waals surface area contributed by atoms with Crippen LogP contribution in [0.5, 0.6) is 0 Å². The lowest BCUT2D eigenvalue weighted by Gasteiger charge is -2.18. The van der Waals surface area contributed by atoms with Crippen LogP contribution in [-0.2, 0) is 13.0 Å². The predicted molar refractivity (Wildman–Crippen MR) is 54.1 cm³/mol. The van der Waals surface area contributed by atoms with E-state index in [2.05, 4.69) is 15.1 Å². The molecule has 0 radical (unpaired) electrons. The van der Waals surface area contributed by atoms with Crippen molar-refractivity contribution < 1.29 is 5.11 Å². The fraction of sp³-hybridized carbons (Fsp3) is 0.667. The lowest BCUT2D eigenvalue weighted by Crippen LogP contribution is -2.13. The van der Waals surface area contributed by atoms with E-state index in [1.807, 2.05) is 0 Å². The van der Waals surface area contributed by atoms with E-state index in [9.17, 15) is 0 Å². The van der Waals surface area contributed by atoms with E-state index in [4.69, 9.17) is 10.6 Å². The first-order valence-electron chi connectivity index (χ1n) is 5.06. The van der Waals surface area contributed by atoms with Crippen molar-refractivity contribution in [2.45, 2.75) is 31.8 Å². The lowest BCUT2D eigenvalue weighted by molar-refractivity contribution is 0.266. The van der Waals surface area contributed by atoms with Gasteiger partial charge in [-0.25, -0.2) is 0 Å². The Bertz CT molecular complexity index is 393. The van der Waals surface area contributed by atoms with Crippen LogP contribution in [0.4, 0.5) is 0 Å². The Morgan fingerprint density at radius 3 is 3.33 bits per heavy atom. The van der Waals surface area contributed by atoms with Gasteiger partial charge in [0.15, 0.2) is 0 Å². The maximum atomic E-state index is 8.87. The molecule has 80 valence electrons.